The molecule has 0 radical (unpaired) electrons. The Kier molecular flexibility index (Phi) is 5.29. The van der Waals surface area contributed by atoms with Crippen molar-refractivity contribution in [3.63, 3.8) is 0 Å². The monoisotopic (exact) mass is 238 g/mol. The van der Waals surface area contributed by atoms with E-state index in [1.807, 2.05) is 13.0 Å². The third-order valence-corrected chi connectivity index (χ3v) is 2.03. The largest absolute Gasteiger partial charge is 0.497 e. The number of nitrogens with one attached hydrogen (secondary N) is 1. The van der Waals surface area contributed by atoms with Crippen LogP contribution < -0.4 is 20.5 Å². The molecule has 1 amide bonds. The summed E-state index contributed by atoms with van der Waals surface area (Å²) in [6, 6.07) is 7.04. The molecule has 0 aliphatic heterocycles. The Bertz CT molecular complexity index is 367. The van der Waals surface area contributed by atoms with Gasteiger partial charge in [-0.3, -0.25) is 4.79 Å². The minimum atomic E-state index is -0.190. The molecule has 0 saturated heterocycles. The first kappa shape index (κ1) is 13.3. The molecule has 1 atom stereocenters. The molecule has 3 N–H and O–H groups in total. The minimum Gasteiger partial charge on any atom is -0.497 e. The van der Waals surface area contributed by atoms with Crippen LogP contribution in [-0.2, 0) is 4.79 Å². The van der Waals surface area contributed by atoms with E-state index in [-0.39, 0.29) is 18.6 Å². The highest BCUT2D eigenvalue weighted by atomic mass is 16.5. The Morgan fingerprint density at radius 3 is 2.82 bits per heavy atom. The average Bonchev–Trinajstić information content (AvgIpc) is 2.34. The molecule has 0 heterocycles. The summed E-state index contributed by atoms with van der Waals surface area (Å²) in [6.07, 6.45) is 0. The van der Waals surface area contributed by atoms with Crippen LogP contribution in [0.5, 0.6) is 11.5 Å². The topological polar surface area (TPSA) is 73.6 Å². The number of rotatable bonds is 6. The van der Waals surface area contributed by atoms with Crippen molar-refractivity contribution >= 4 is 5.91 Å². The summed E-state index contributed by atoms with van der Waals surface area (Å²) >= 11 is 0. The van der Waals surface area contributed by atoms with Gasteiger partial charge in [0.15, 0.2) is 6.61 Å². The zero-order chi connectivity index (χ0) is 12.7. The van der Waals surface area contributed by atoms with Crippen LogP contribution in [0.1, 0.15) is 6.92 Å². The van der Waals surface area contributed by atoms with Crippen LogP contribution in [-0.4, -0.2) is 32.2 Å². The quantitative estimate of drug-likeness (QED) is 0.758. The van der Waals surface area contributed by atoms with Crippen molar-refractivity contribution in [2.24, 2.45) is 5.73 Å². The van der Waals surface area contributed by atoms with Gasteiger partial charge in [0.1, 0.15) is 11.5 Å². The normalized spacial score (nSPS) is 11.7. The molecule has 5 heteroatoms. The molecule has 0 aliphatic carbocycles. The average molecular weight is 238 g/mol. The van der Waals surface area contributed by atoms with E-state index in [1.165, 1.54) is 0 Å². The molecule has 1 aromatic carbocycles. The zero-order valence-electron chi connectivity index (χ0n) is 10.1. The first-order chi connectivity index (χ1) is 8.11. The number of methoxy groups -OCH3 is 1. The van der Waals surface area contributed by atoms with Gasteiger partial charge in [0.25, 0.3) is 5.91 Å². The molecule has 1 rings (SSSR count). The molecule has 0 saturated carbocycles. The lowest BCUT2D eigenvalue weighted by molar-refractivity contribution is -0.123. The standard InChI is InChI=1S/C12H18N2O3/c1-9(13)7-14-12(15)8-17-11-5-3-4-10(6-11)16-2/h3-6,9H,7-8,13H2,1-2H3,(H,14,15). The molecular weight excluding hydrogens is 220 g/mol. The maximum absolute atomic E-state index is 11.4. The Morgan fingerprint density at radius 2 is 2.18 bits per heavy atom. The van der Waals surface area contributed by atoms with Crippen molar-refractivity contribution in [3.05, 3.63) is 24.3 Å². The lowest BCUT2D eigenvalue weighted by Crippen LogP contribution is -2.37. The van der Waals surface area contributed by atoms with Gasteiger partial charge in [-0.15, -0.1) is 0 Å². The van der Waals surface area contributed by atoms with E-state index in [9.17, 15) is 4.79 Å². The third kappa shape index (κ3) is 5.21. The second kappa shape index (κ2) is 6.75. The summed E-state index contributed by atoms with van der Waals surface area (Å²) in [7, 11) is 1.58. The van der Waals surface area contributed by atoms with Gasteiger partial charge in [0.2, 0.25) is 0 Å². The third-order valence-electron chi connectivity index (χ3n) is 2.03. The van der Waals surface area contributed by atoms with Crippen molar-refractivity contribution in [3.8, 4) is 11.5 Å². The predicted octanol–water partition coefficient (Wildman–Crippen LogP) is 0.537. The highest BCUT2D eigenvalue weighted by Crippen LogP contribution is 2.18. The number of ether oxygens (including phenoxy) is 2. The second-order valence-corrected chi connectivity index (χ2v) is 3.75. The summed E-state index contributed by atoms with van der Waals surface area (Å²) < 4.78 is 10.4. The maximum Gasteiger partial charge on any atom is 0.257 e. The van der Waals surface area contributed by atoms with E-state index < -0.39 is 0 Å². The van der Waals surface area contributed by atoms with Crippen LogP contribution in [0.2, 0.25) is 0 Å². The van der Waals surface area contributed by atoms with Crippen LogP contribution in [0.3, 0.4) is 0 Å². The molecule has 0 aromatic heterocycles. The highest BCUT2D eigenvalue weighted by Gasteiger charge is 2.04. The Labute approximate surface area is 101 Å². The summed E-state index contributed by atoms with van der Waals surface area (Å²) in [6.45, 7) is 2.24. The minimum absolute atomic E-state index is 0.0279. The summed E-state index contributed by atoms with van der Waals surface area (Å²) in [5.41, 5.74) is 5.51. The number of carbonyl (C=O) groups is 1. The van der Waals surface area contributed by atoms with Gasteiger partial charge in [-0.25, -0.2) is 0 Å². The molecule has 94 valence electrons. The number of nitrogens with two attached hydrogens (primary N) is 1. The van der Waals surface area contributed by atoms with E-state index in [0.717, 1.165) is 0 Å². The second-order valence-electron chi connectivity index (χ2n) is 3.75. The van der Waals surface area contributed by atoms with Crippen LogP contribution >= 0.6 is 0 Å². The fourth-order valence-corrected chi connectivity index (χ4v) is 1.17. The molecule has 0 aliphatic rings. The van der Waals surface area contributed by atoms with Crippen LogP contribution in [0, 0.1) is 0 Å². The highest BCUT2D eigenvalue weighted by molar-refractivity contribution is 5.77. The first-order valence-corrected chi connectivity index (χ1v) is 5.41. The van der Waals surface area contributed by atoms with Gasteiger partial charge in [0.05, 0.1) is 7.11 Å². The van der Waals surface area contributed by atoms with Gasteiger partial charge < -0.3 is 20.5 Å². The molecule has 0 spiro atoms. The van der Waals surface area contributed by atoms with Crippen molar-refractivity contribution < 1.29 is 14.3 Å². The lowest BCUT2D eigenvalue weighted by atomic mass is 10.3. The van der Waals surface area contributed by atoms with Gasteiger partial charge in [-0.2, -0.15) is 0 Å². The van der Waals surface area contributed by atoms with Crippen molar-refractivity contribution in [1.82, 2.24) is 5.32 Å². The van der Waals surface area contributed by atoms with E-state index in [1.54, 1.807) is 25.3 Å². The smallest absolute Gasteiger partial charge is 0.257 e. The SMILES string of the molecule is COc1cccc(OCC(=O)NCC(C)N)c1. The molecular formula is C12H18N2O3. The Balaban J connectivity index is 2.36. The van der Waals surface area contributed by atoms with E-state index in [4.69, 9.17) is 15.2 Å². The van der Waals surface area contributed by atoms with Crippen LogP contribution in [0.4, 0.5) is 0 Å². The molecule has 17 heavy (non-hydrogen) atoms. The summed E-state index contributed by atoms with van der Waals surface area (Å²) in [5, 5.41) is 2.66. The Hall–Kier alpha value is -1.75. The summed E-state index contributed by atoms with van der Waals surface area (Å²) in [4.78, 5) is 11.4. The molecule has 5 nitrogen and oxygen atoms in total. The molecule has 1 aromatic rings. The number of hydrogen-bond acceptors (Lipinski definition) is 4. The molecule has 1 unspecified atom stereocenters. The zero-order valence-corrected chi connectivity index (χ0v) is 10.1. The number of carbonyl (C=O) groups excluding carboxylic acids is 1. The molecule has 0 bridgehead atoms. The van der Waals surface area contributed by atoms with Gasteiger partial charge in [-0.05, 0) is 19.1 Å². The lowest BCUT2D eigenvalue weighted by Gasteiger charge is -2.09. The number of benzene rings is 1. The Morgan fingerprint density at radius 1 is 1.47 bits per heavy atom. The van der Waals surface area contributed by atoms with Gasteiger partial charge in [0, 0.05) is 18.7 Å². The fourth-order valence-electron chi connectivity index (χ4n) is 1.17. The number of amides is 1. The van der Waals surface area contributed by atoms with E-state index >= 15 is 0 Å². The van der Waals surface area contributed by atoms with E-state index in [0.29, 0.717) is 18.0 Å². The first-order valence-electron chi connectivity index (χ1n) is 5.41. The van der Waals surface area contributed by atoms with Crippen LogP contribution in [0.15, 0.2) is 24.3 Å². The maximum atomic E-state index is 11.4. The van der Waals surface area contributed by atoms with E-state index in [2.05, 4.69) is 5.32 Å². The van der Waals surface area contributed by atoms with Gasteiger partial charge >= 0.3 is 0 Å². The predicted molar refractivity (Wildman–Crippen MR) is 65.1 cm³/mol. The van der Waals surface area contributed by atoms with Crippen molar-refractivity contribution in [1.29, 1.82) is 0 Å². The fraction of sp³-hybridized carbons (Fsp3) is 0.417. The van der Waals surface area contributed by atoms with Crippen molar-refractivity contribution in [2.75, 3.05) is 20.3 Å². The van der Waals surface area contributed by atoms with Gasteiger partial charge in [-0.1, -0.05) is 6.07 Å². The van der Waals surface area contributed by atoms with Crippen molar-refractivity contribution in [2.45, 2.75) is 13.0 Å². The number of hydrogen-bond donors (Lipinski definition) is 2. The summed E-state index contributed by atoms with van der Waals surface area (Å²) in [5.74, 6) is 1.10. The molecule has 0 fully saturated rings. The van der Waals surface area contributed by atoms with Crippen LogP contribution in [0.25, 0.3) is 0 Å².